The van der Waals surface area contributed by atoms with Gasteiger partial charge in [0, 0.05) is 11.1 Å². The number of amides is 2. The van der Waals surface area contributed by atoms with Crippen LogP contribution in [-0.2, 0) is 0 Å². The molecule has 10 heteroatoms. The van der Waals surface area contributed by atoms with Crippen molar-refractivity contribution in [1.29, 1.82) is 0 Å². The van der Waals surface area contributed by atoms with Crippen LogP contribution in [0.2, 0.25) is 20.1 Å². The van der Waals surface area contributed by atoms with Crippen LogP contribution >= 0.6 is 46.4 Å². The van der Waals surface area contributed by atoms with Gasteiger partial charge in [-0.1, -0.05) is 63.7 Å². The summed E-state index contributed by atoms with van der Waals surface area (Å²) in [6, 6.07) is 9.43. The quantitative estimate of drug-likeness (QED) is 0.350. The average Bonchev–Trinajstić information content (AvgIpc) is 2.98. The van der Waals surface area contributed by atoms with E-state index in [0.717, 1.165) is 0 Å². The molecule has 0 aliphatic heterocycles. The lowest BCUT2D eigenvalue weighted by atomic mass is 10.1. The van der Waals surface area contributed by atoms with Crippen molar-refractivity contribution in [2.45, 2.75) is 6.92 Å². The highest BCUT2D eigenvalue weighted by atomic mass is 35.5. The van der Waals surface area contributed by atoms with E-state index < -0.39 is 6.03 Å². The van der Waals surface area contributed by atoms with E-state index in [2.05, 4.69) is 21.0 Å². The molecule has 2 N–H and O–H groups in total. The summed E-state index contributed by atoms with van der Waals surface area (Å²) in [4.78, 5) is 12.2. The van der Waals surface area contributed by atoms with Crippen molar-refractivity contribution in [3.63, 3.8) is 0 Å². The Bertz CT molecular complexity index is 1030. The fourth-order valence-corrected chi connectivity index (χ4v) is 3.42. The zero-order valence-electron chi connectivity index (χ0n) is 14.3. The van der Waals surface area contributed by atoms with Crippen molar-refractivity contribution in [3.8, 4) is 11.3 Å². The number of aromatic nitrogens is 1. The van der Waals surface area contributed by atoms with Gasteiger partial charge in [0.2, 0.25) is 0 Å². The Hall–Kier alpha value is -2.25. The number of hydrazone groups is 1. The Kier molecular flexibility index (Phi) is 6.46. The van der Waals surface area contributed by atoms with E-state index in [9.17, 15) is 4.79 Å². The summed E-state index contributed by atoms with van der Waals surface area (Å²) in [5.41, 5.74) is 3.88. The van der Waals surface area contributed by atoms with Gasteiger partial charge in [0.05, 0.1) is 26.3 Å². The molecule has 0 unspecified atom stereocenters. The fraction of sp³-hybridized carbons (Fsp3) is 0.0556. The number of nitrogens with one attached hydrogen (secondary N) is 2. The number of hydrogen-bond donors (Lipinski definition) is 2. The summed E-state index contributed by atoms with van der Waals surface area (Å²) < 4.78 is 5.18. The number of carbonyl (C=O) groups excluding carboxylic acids is 1. The summed E-state index contributed by atoms with van der Waals surface area (Å²) in [5, 5.41) is 12.0. The lowest BCUT2D eigenvalue weighted by Crippen LogP contribution is -2.24. The number of benzene rings is 2. The summed E-state index contributed by atoms with van der Waals surface area (Å²) in [5.74, 6) is 0.374. The van der Waals surface area contributed by atoms with E-state index in [-0.39, 0.29) is 0 Å². The summed E-state index contributed by atoms with van der Waals surface area (Å²) in [6.07, 6.45) is 1.34. The number of halogens is 4. The molecular formula is C18H12Cl4N4O2. The predicted octanol–water partition coefficient (Wildman–Crippen LogP) is 6.42. The highest BCUT2D eigenvalue weighted by Crippen LogP contribution is 2.39. The van der Waals surface area contributed by atoms with Crippen molar-refractivity contribution in [2.75, 3.05) is 5.32 Å². The molecule has 3 aromatic rings. The van der Waals surface area contributed by atoms with Gasteiger partial charge in [-0.3, -0.25) is 0 Å². The number of nitrogens with zero attached hydrogens (tertiary/aromatic N) is 2. The Morgan fingerprint density at radius 3 is 2.21 bits per heavy atom. The molecule has 28 heavy (non-hydrogen) atoms. The molecule has 0 aliphatic rings. The topological polar surface area (TPSA) is 79.5 Å². The van der Waals surface area contributed by atoms with Crippen LogP contribution in [0.5, 0.6) is 0 Å². The van der Waals surface area contributed by atoms with Gasteiger partial charge in [0.15, 0.2) is 5.76 Å². The molecule has 0 saturated heterocycles. The first kappa shape index (κ1) is 20.5. The normalized spacial score (nSPS) is 11.0. The lowest BCUT2D eigenvalue weighted by Gasteiger charge is -2.08. The Morgan fingerprint density at radius 2 is 1.61 bits per heavy atom. The molecule has 6 nitrogen and oxygen atoms in total. The lowest BCUT2D eigenvalue weighted by molar-refractivity contribution is 0.252. The van der Waals surface area contributed by atoms with Gasteiger partial charge in [-0.15, -0.1) is 0 Å². The van der Waals surface area contributed by atoms with Crippen LogP contribution in [0.3, 0.4) is 0 Å². The second-order valence-electron chi connectivity index (χ2n) is 5.52. The average molecular weight is 458 g/mol. The van der Waals surface area contributed by atoms with Gasteiger partial charge < -0.3 is 9.84 Å². The van der Waals surface area contributed by atoms with Crippen LogP contribution in [-0.4, -0.2) is 17.4 Å². The van der Waals surface area contributed by atoms with E-state index in [1.165, 1.54) is 6.21 Å². The molecule has 144 valence electrons. The van der Waals surface area contributed by atoms with Crippen molar-refractivity contribution in [3.05, 3.63) is 67.8 Å². The van der Waals surface area contributed by atoms with E-state index in [0.29, 0.717) is 48.4 Å². The van der Waals surface area contributed by atoms with Crippen molar-refractivity contribution in [2.24, 2.45) is 5.10 Å². The number of hydrogen-bond acceptors (Lipinski definition) is 4. The molecule has 0 atom stereocenters. The number of rotatable bonds is 4. The van der Waals surface area contributed by atoms with Gasteiger partial charge >= 0.3 is 6.03 Å². The summed E-state index contributed by atoms with van der Waals surface area (Å²) in [7, 11) is 0. The Morgan fingerprint density at radius 1 is 1.04 bits per heavy atom. The number of carbonyl (C=O) groups is 1. The molecule has 2 aromatic carbocycles. The maximum absolute atomic E-state index is 12.2. The molecule has 0 radical (unpaired) electrons. The molecule has 3 rings (SSSR count). The Balaban J connectivity index is 1.79. The Labute approximate surface area is 180 Å². The molecular weight excluding hydrogens is 446 g/mol. The minimum Gasteiger partial charge on any atom is -0.359 e. The first-order chi connectivity index (χ1) is 13.4. The third-order valence-electron chi connectivity index (χ3n) is 3.66. The highest BCUT2D eigenvalue weighted by molar-refractivity contribution is 6.39. The second kappa shape index (κ2) is 8.84. The SMILES string of the molecule is Cc1onc(-c2c(Cl)cccc2Cl)c1NC(=O)NN=Cc1c(Cl)cccc1Cl. The first-order valence-electron chi connectivity index (χ1n) is 7.83. The van der Waals surface area contributed by atoms with Gasteiger partial charge in [-0.05, 0) is 31.2 Å². The van der Waals surface area contributed by atoms with E-state index in [1.54, 1.807) is 43.3 Å². The van der Waals surface area contributed by atoms with Crippen molar-refractivity contribution < 1.29 is 9.32 Å². The van der Waals surface area contributed by atoms with Crippen LogP contribution in [0.4, 0.5) is 10.5 Å². The first-order valence-corrected chi connectivity index (χ1v) is 9.34. The number of aryl methyl sites for hydroxylation is 1. The largest absolute Gasteiger partial charge is 0.359 e. The van der Waals surface area contributed by atoms with E-state index in [4.69, 9.17) is 50.9 Å². The van der Waals surface area contributed by atoms with Crippen molar-refractivity contribution in [1.82, 2.24) is 10.6 Å². The van der Waals surface area contributed by atoms with Gasteiger partial charge in [0.1, 0.15) is 11.4 Å². The maximum Gasteiger partial charge on any atom is 0.339 e. The van der Waals surface area contributed by atoms with Gasteiger partial charge in [-0.25, -0.2) is 10.2 Å². The number of anilines is 1. The molecule has 0 bridgehead atoms. The van der Waals surface area contributed by atoms with Crippen LogP contribution in [0.25, 0.3) is 11.3 Å². The smallest absolute Gasteiger partial charge is 0.339 e. The molecule has 2 amide bonds. The predicted molar refractivity (Wildman–Crippen MR) is 113 cm³/mol. The van der Waals surface area contributed by atoms with Gasteiger partial charge in [0.25, 0.3) is 0 Å². The molecule has 1 aromatic heterocycles. The monoisotopic (exact) mass is 456 g/mol. The zero-order chi connectivity index (χ0) is 20.3. The van der Waals surface area contributed by atoms with Crippen LogP contribution < -0.4 is 10.7 Å². The summed E-state index contributed by atoms with van der Waals surface area (Å²) >= 11 is 24.5. The van der Waals surface area contributed by atoms with Gasteiger partial charge in [-0.2, -0.15) is 5.10 Å². The second-order valence-corrected chi connectivity index (χ2v) is 7.15. The van der Waals surface area contributed by atoms with Crippen LogP contribution in [0.1, 0.15) is 11.3 Å². The fourth-order valence-electron chi connectivity index (χ4n) is 2.35. The maximum atomic E-state index is 12.2. The number of urea groups is 1. The van der Waals surface area contributed by atoms with E-state index >= 15 is 0 Å². The molecule has 0 fully saturated rings. The highest BCUT2D eigenvalue weighted by Gasteiger charge is 2.21. The minimum atomic E-state index is -0.629. The van der Waals surface area contributed by atoms with E-state index in [1.807, 2.05) is 0 Å². The van der Waals surface area contributed by atoms with Crippen LogP contribution in [0, 0.1) is 6.92 Å². The third-order valence-corrected chi connectivity index (χ3v) is 4.95. The molecule has 0 saturated carbocycles. The molecule has 1 heterocycles. The van der Waals surface area contributed by atoms with Crippen LogP contribution in [0.15, 0.2) is 46.0 Å². The standard InChI is InChI=1S/C18H12Cl4N4O2/c1-9-16(17(26-28-9)15-13(21)6-3-7-14(15)22)24-18(27)25-23-8-10-11(19)4-2-5-12(10)20/h2-8H,1H3,(H2,24,25,27). The molecule has 0 aliphatic carbocycles. The van der Waals surface area contributed by atoms with Crippen molar-refractivity contribution >= 4 is 64.3 Å². The summed E-state index contributed by atoms with van der Waals surface area (Å²) in [6.45, 7) is 1.64. The third kappa shape index (κ3) is 4.42. The molecule has 0 spiro atoms. The minimum absolute atomic E-state index is 0.307. The zero-order valence-corrected chi connectivity index (χ0v) is 17.3.